The van der Waals surface area contributed by atoms with E-state index >= 15 is 0 Å². The number of urea groups is 1. The maximum Gasteiger partial charge on any atom is 0.339 e. The zero-order chi connectivity index (χ0) is 18.0. The quantitative estimate of drug-likeness (QED) is 0.796. The topological polar surface area (TPSA) is 71.9 Å². The Labute approximate surface area is 145 Å². The SMILES string of the molecule is CCOC(=O)c1ccc(=O)n(-c2cccc(N3CCN(C)C3=O)c2)c1. The highest BCUT2D eigenvalue weighted by Gasteiger charge is 2.26. The summed E-state index contributed by atoms with van der Waals surface area (Å²) < 4.78 is 6.35. The molecular weight excluding hydrogens is 322 g/mol. The van der Waals surface area contributed by atoms with E-state index in [0.717, 1.165) is 0 Å². The number of hydrogen-bond donors (Lipinski definition) is 0. The number of likely N-dealkylation sites (N-methyl/N-ethyl adjacent to an activating group) is 1. The first kappa shape index (κ1) is 16.8. The van der Waals surface area contributed by atoms with Crippen LogP contribution in [-0.2, 0) is 4.74 Å². The highest BCUT2D eigenvalue weighted by Crippen LogP contribution is 2.22. The first-order valence-electron chi connectivity index (χ1n) is 8.04. The van der Waals surface area contributed by atoms with Gasteiger partial charge in [-0.2, -0.15) is 0 Å². The van der Waals surface area contributed by atoms with Crippen LogP contribution in [0.25, 0.3) is 5.69 Å². The fourth-order valence-electron chi connectivity index (χ4n) is 2.72. The van der Waals surface area contributed by atoms with Crippen LogP contribution in [0, 0.1) is 0 Å². The highest BCUT2D eigenvalue weighted by atomic mass is 16.5. The summed E-state index contributed by atoms with van der Waals surface area (Å²) in [6.07, 6.45) is 1.46. The smallest absolute Gasteiger partial charge is 0.339 e. The molecule has 0 spiro atoms. The third kappa shape index (κ3) is 3.26. The lowest BCUT2D eigenvalue weighted by Gasteiger charge is -2.17. The van der Waals surface area contributed by atoms with Gasteiger partial charge in [0.15, 0.2) is 0 Å². The minimum atomic E-state index is -0.483. The van der Waals surface area contributed by atoms with E-state index in [-0.39, 0.29) is 18.2 Å². The van der Waals surface area contributed by atoms with Crippen LogP contribution in [0.4, 0.5) is 10.5 Å². The molecule has 1 aliphatic heterocycles. The minimum absolute atomic E-state index is 0.0789. The van der Waals surface area contributed by atoms with Gasteiger partial charge in [-0.05, 0) is 31.2 Å². The number of aromatic nitrogens is 1. The number of benzene rings is 1. The predicted octanol–water partition coefficient (Wildman–Crippen LogP) is 1.89. The summed E-state index contributed by atoms with van der Waals surface area (Å²) >= 11 is 0. The van der Waals surface area contributed by atoms with E-state index < -0.39 is 5.97 Å². The van der Waals surface area contributed by atoms with Crippen LogP contribution < -0.4 is 10.5 Å². The Morgan fingerprint density at radius 2 is 1.88 bits per heavy atom. The maximum atomic E-state index is 12.2. The lowest BCUT2D eigenvalue weighted by Crippen LogP contribution is -2.29. The molecular formula is C18H19N3O4. The summed E-state index contributed by atoms with van der Waals surface area (Å²) in [5, 5.41) is 0. The number of amides is 2. The number of anilines is 1. The fourth-order valence-corrected chi connectivity index (χ4v) is 2.72. The molecule has 25 heavy (non-hydrogen) atoms. The van der Waals surface area contributed by atoms with Crippen LogP contribution in [0.5, 0.6) is 0 Å². The van der Waals surface area contributed by atoms with Crippen LogP contribution in [-0.4, -0.2) is 48.2 Å². The molecule has 2 heterocycles. The predicted molar refractivity (Wildman–Crippen MR) is 93.4 cm³/mol. The first-order valence-corrected chi connectivity index (χ1v) is 8.04. The van der Waals surface area contributed by atoms with Crippen molar-refractivity contribution in [1.29, 1.82) is 0 Å². The Balaban J connectivity index is 1.98. The van der Waals surface area contributed by atoms with Crippen molar-refractivity contribution >= 4 is 17.7 Å². The van der Waals surface area contributed by atoms with Gasteiger partial charge >= 0.3 is 12.0 Å². The second-order valence-electron chi connectivity index (χ2n) is 5.72. The van der Waals surface area contributed by atoms with Crippen molar-refractivity contribution in [3.05, 3.63) is 58.5 Å². The van der Waals surface area contributed by atoms with E-state index in [4.69, 9.17) is 4.74 Å². The number of pyridine rings is 1. The molecule has 0 aliphatic carbocycles. The van der Waals surface area contributed by atoms with E-state index in [1.165, 1.54) is 22.9 Å². The van der Waals surface area contributed by atoms with Gasteiger partial charge < -0.3 is 9.64 Å². The van der Waals surface area contributed by atoms with Gasteiger partial charge in [-0.3, -0.25) is 14.3 Å². The van der Waals surface area contributed by atoms with Crippen molar-refractivity contribution < 1.29 is 14.3 Å². The van der Waals surface area contributed by atoms with Gasteiger partial charge in [-0.1, -0.05) is 6.07 Å². The van der Waals surface area contributed by atoms with Crippen molar-refractivity contribution in [3.63, 3.8) is 0 Å². The highest BCUT2D eigenvalue weighted by molar-refractivity contribution is 5.94. The molecule has 1 aromatic carbocycles. The van der Waals surface area contributed by atoms with E-state index in [1.807, 2.05) is 6.07 Å². The third-order valence-corrected chi connectivity index (χ3v) is 4.06. The second-order valence-corrected chi connectivity index (χ2v) is 5.72. The standard InChI is InChI=1S/C18H19N3O4/c1-3-25-17(23)13-7-8-16(22)21(12-13)15-6-4-5-14(11-15)20-10-9-19(2)18(20)24/h4-8,11-12H,3,9-10H2,1-2H3. The van der Waals surface area contributed by atoms with Gasteiger partial charge in [0.1, 0.15) is 0 Å². The van der Waals surface area contributed by atoms with Crippen LogP contribution in [0.15, 0.2) is 47.4 Å². The van der Waals surface area contributed by atoms with E-state index in [1.54, 1.807) is 42.0 Å². The molecule has 2 aromatic rings. The van der Waals surface area contributed by atoms with Gasteiger partial charge in [0.25, 0.3) is 5.56 Å². The molecule has 7 nitrogen and oxygen atoms in total. The summed E-state index contributed by atoms with van der Waals surface area (Å²) in [6.45, 7) is 3.23. The van der Waals surface area contributed by atoms with Crippen molar-refractivity contribution in [3.8, 4) is 5.69 Å². The monoisotopic (exact) mass is 341 g/mol. The van der Waals surface area contributed by atoms with E-state index in [2.05, 4.69) is 0 Å². The summed E-state index contributed by atoms with van der Waals surface area (Å²) in [4.78, 5) is 39.6. The minimum Gasteiger partial charge on any atom is -0.462 e. The van der Waals surface area contributed by atoms with Crippen LogP contribution in [0.3, 0.4) is 0 Å². The van der Waals surface area contributed by atoms with Crippen LogP contribution in [0.1, 0.15) is 17.3 Å². The molecule has 1 fully saturated rings. The Hall–Kier alpha value is -3.09. The zero-order valence-electron chi connectivity index (χ0n) is 14.1. The molecule has 0 saturated carbocycles. The van der Waals surface area contributed by atoms with Gasteiger partial charge in [0, 0.05) is 38.1 Å². The van der Waals surface area contributed by atoms with Crippen molar-refractivity contribution in [2.45, 2.75) is 6.92 Å². The number of ether oxygens (including phenoxy) is 1. The van der Waals surface area contributed by atoms with Gasteiger partial charge in [-0.15, -0.1) is 0 Å². The molecule has 1 saturated heterocycles. The number of hydrogen-bond acceptors (Lipinski definition) is 4. The Morgan fingerprint density at radius 1 is 1.12 bits per heavy atom. The number of carbonyl (C=O) groups is 2. The summed E-state index contributed by atoms with van der Waals surface area (Å²) in [5.41, 5.74) is 1.31. The fraction of sp³-hybridized carbons (Fsp3) is 0.278. The van der Waals surface area contributed by atoms with Crippen molar-refractivity contribution in [2.75, 3.05) is 31.6 Å². The first-order chi connectivity index (χ1) is 12.0. The van der Waals surface area contributed by atoms with Crippen molar-refractivity contribution in [2.24, 2.45) is 0 Å². The number of nitrogens with zero attached hydrogens (tertiary/aromatic N) is 3. The van der Waals surface area contributed by atoms with Crippen LogP contribution >= 0.6 is 0 Å². The summed E-state index contributed by atoms with van der Waals surface area (Å²) in [7, 11) is 1.75. The molecule has 0 bridgehead atoms. The molecule has 2 amide bonds. The van der Waals surface area contributed by atoms with E-state index in [0.29, 0.717) is 30.0 Å². The van der Waals surface area contributed by atoms with Crippen molar-refractivity contribution in [1.82, 2.24) is 9.47 Å². The van der Waals surface area contributed by atoms with Gasteiger partial charge in [0.05, 0.1) is 17.9 Å². The third-order valence-electron chi connectivity index (χ3n) is 4.06. The Kier molecular flexibility index (Phi) is 4.56. The lowest BCUT2D eigenvalue weighted by atomic mass is 10.2. The molecule has 0 unspecified atom stereocenters. The van der Waals surface area contributed by atoms with Gasteiger partial charge in [-0.25, -0.2) is 9.59 Å². The molecule has 0 radical (unpaired) electrons. The van der Waals surface area contributed by atoms with Gasteiger partial charge in [0.2, 0.25) is 0 Å². The van der Waals surface area contributed by atoms with E-state index in [9.17, 15) is 14.4 Å². The maximum absolute atomic E-state index is 12.2. The number of carbonyl (C=O) groups excluding carboxylic acids is 2. The molecule has 130 valence electrons. The van der Waals surface area contributed by atoms with Crippen LogP contribution in [0.2, 0.25) is 0 Å². The lowest BCUT2D eigenvalue weighted by molar-refractivity contribution is 0.0525. The number of rotatable bonds is 4. The average molecular weight is 341 g/mol. The molecule has 1 aliphatic rings. The Bertz CT molecular complexity index is 875. The molecule has 1 aromatic heterocycles. The average Bonchev–Trinajstić information content (AvgIpc) is 2.95. The molecule has 0 atom stereocenters. The molecule has 0 N–H and O–H groups in total. The Morgan fingerprint density at radius 3 is 2.56 bits per heavy atom. The summed E-state index contributed by atoms with van der Waals surface area (Å²) in [5.74, 6) is -0.483. The summed E-state index contributed by atoms with van der Waals surface area (Å²) in [6, 6.07) is 9.80. The number of esters is 1. The molecule has 3 rings (SSSR count). The zero-order valence-corrected chi connectivity index (χ0v) is 14.1. The normalized spacial score (nSPS) is 14.1. The largest absolute Gasteiger partial charge is 0.462 e. The molecule has 7 heteroatoms. The second kappa shape index (κ2) is 6.80.